The molecule has 0 spiro atoms. The van der Waals surface area contributed by atoms with Crippen molar-refractivity contribution in [2.45, 2.75) is 11.4 Å². The van der Waals surface area contributed by atoms with Crippen molar-refractivity contribution >= 4 is 45.2 Å². The van der Waals surface area contributed by atoms with Crippen LogP contribution >= 0.6 is 22.6 Å². The molecule has 3 aromatic heterocycles. The Labute approximate surface area is 157 Å². The van der Waals surface area contributed by atoms with Crippen molar-refractivity contribution in [3.63, 3.8) is 0 Å². The molecule has 0 saturated heterocycles. The molecule has 0 saturated carbocycles. The van der Waals surface area contributed by atoms with Crippen LogP contribution < -0.4 is 5.32 Å². The molecule has 0 amide bonds. The van der Waals surface area contributed by atoms with Gasteiger partial charge < -0.3 is 9.84 Å². The number of hydrogen-bond acceptors (Lipinski definition) is 6. The van der Waals surface area contributed by atoms with Crippen LogP contribution in [0.3, 0.4) is 0 Å². The van der Waals surface area contributed by atoms with Crippen LogP contribution in [0, 0.1) is 6.92 Å². The Hall–Kier alpha value is -2.55. The van der Waals surface area contributed by atoms with E-state index in [-0.39, 0.29) is 0 Å². The van der Waals surface area contributed by atoms with E-state index in [2.05, 4.69) is 49.1 Å². The first kappa shape index (κ1) is 15.9. The molecule has 3 heterocycles. The van der Waals surface area contributed by atoms with Crippen LogP contribution in [0.1, 0.15) is 11.3 Å². The number of benzene rings is 1. The van der Waals surface area contributed by atoms with Crippen LogP contribution in [0.4, 0.5) is 11.5 Å². The Morgan fingerprint density at radius 2 is 1.88 bits per heavy atom. The van der Waals surface area contributed by atoms with E-state index in [1.54, 1.807) is 12.4 Å². The van der Waals surface area contributed by atoms with Crippen molar-refractivity contribution in [1.82, 2.24) is 20.1 Å². The van der Waals surface area contributed by atoms with E-state index in [1.807, 2.05) is 37.3 Å². The van der Waals surface area contributed by atoms with Gasteiger partial charge in [0.2, 0.25) is 0 Å². The number of halogens is 1. The first-order valence-electron chi connectivity index (χ1n) is 7.71. The van der Waals surface area contributed by atoms with Gasteiger partial charge in [0.05, 0.1) is 5.69 Å². The average Bonchev–Trinajstić information content (AvgIpc) is 3.04. The van der Waals surface area contributed by atoms with Crippen LogP contribution in [0.15, 0.2) is 53.3 Å². The number of fused-ring (bicyclic) bond motifs is 1. The highest BCUT2D eigenvalue weighted by molar-refractivity contribution is 14.1. The lowest BCUT2D eigenvalue weighted by molar-refractivity contribution is 0.443. The number of nitrogens with zero attached hydrogens (tertiary/aromatic N) is 4. The maximum Gasteiger partial charge on any atom is 0.263 e. The molecule has 0 fully saturated rings. The van der Waals surface area contributed by atoms with E-state index in [0.717, 1.165) is 26.8 Å². The van der Waals surface area contributed by atoms with Crippen molar-refractivity contribution in [1.29, 1.82) is 0 Å². The molecular formula is C18H14IN5O. The number of aryl methyl sites for hydroxylation is 1. The third-order valence-corrected chi connectivity index (χ3v) is 4.67. The summed E-state index contributed by atoms with van der Waals surface area (Å²) in [7, 11) is 0. The van der Waals surface area contributed by atoms with Gasteiger partial charge in [-0.1, -0.05) is 52.0 Å². The second-order valence-corrected chi connectivity index (χ2v) is 6.26. The van der Waals surface area contributed by atoms with Gasteiger partial charge in [-0.15, -0.1) is 0 Å². The average molecular weight is 443 g/mol. The molecule has 0 unspecified atom stereocenters. The molecule has 4 aromatic rings. The largest absolute Gasteiger partial charge is 0.339 e. The van der Waals surface area contributed by atoms with Gasteiger partial charge in [0, 0.05) is 28.1 Å². The fraction of sp³-hybridized carbons (Fsp3) is 0.111. The monoisotopic (exact) mass is 443 g/mol. The van der Waals surface area contributed by atoms with Crippen LogP contribution in [0.25, 0.3) is 22.5 Å². The summed E-state index contributed by atoms with van der Waals surface area (Å²) in [6, 6.07) is 11.9. The molecule has 124 valence electrons. The highest BCUT2D eigenvalue weighted by Gasteiger charge is 2.17. The van der Waals surface area contributed by atoms with E-state index < -0.39 is 0 Å². The number of alkyl halides is 1. The topological polar surface area (TPSA) is 76.7 Å². The fourth-order valence-electron chi connectivity index (χ4n) is 2.63. The maximum atomic E-state index is 5.41. The highest BCUT2D eigenvalue weighted by atomic mass is 127. The summed E-state index contributed by atoms with van der Waals surface area (Å²) < 4.78 is 6.28. The first-order chi connectivity index (χ1) is 12.3. The SMILES string of the molecule is Cc1noc2nc(-c3ccccc3CI)nc(Nc3ccncc3)c12. The molecule has 0 aliphatic heterocycles. The lowest BCUT2D eigenvalue weighted by Crippen LogP contribution is -2.00. The van der Waals surface area contributed by atoms with Crippen molar-refractivity contribution < 1.29 is 4.52 Å². The second-order valence-electron chi connectivity index (χ2n) is 5.50. The van der Waals surface area contributed by atoms with Gasteiger partial charge in [0.1, 0.15) is 11.2 Å². The highest BCUT2D eigenvalue weighted by Crippen LogP contribution is 2.31. The quantitative estimate of drug-likeness (QED) is 0.365. The molecule has 0 aliphatic rings. The third kappa shape index (κ3) is 3.07. The molecule has 1 aromatic carbocycles. The molecule has 0 radical (unpaired) electrons. The fourth-order valence-corrected chi connectivity index (χ4v) is 3.29. The number of aromatic nitrogens is 4. The predicted octanol–water partition coefficient (Wildman–Crippen LogP) is 4.67. The van der Waals surface area contributed by atoms with Crippen LogP contribution in [-0.4, -0.2) is 20.1 Å². The zero-order chi connectivity index (χ0) is 17.2. The first-order valence-corrected chi connectivity index (χ1v) is 9.24. The molecule has 1 N–H and O–H groups in total. The Balaban J connectivity index is 1.90. The molecule has 4 rings (SSSR count). The minimum atomic E-state index is 0.474. The van der Waals surface area contributed by atoms with Gasteiger partial charge in [0.15, 0.2) is 5.82 Å². The van der Waals surface area contributed by atoms with Crippen LogP contribution in [0.2, 0.25) is 0 Å². The molecule has 0 atom stereocenters. The summed E-state index contributed by atoms with van der Waals surface area (Å²) in [4.78, 5) is 13.4. The molecule has 0 aliphatic carbocycles. The summed E-state index contributed by atoms with van der Waals surface area (Å²) in [5.41, 5.74) is 4.28. The minimum Gasteiger partial charge on any atom is -0.339 e. The lowest BCUT2D eigenvalue weighted by atomic mass is 10.1. The smallest absolute Gasteiger partial charge is 0.263 e. The van der Waals surface area contributed by atoms with Crippen LogP contribution in [0.5, 0.6) is 0 Å². The van der Waals surface area contributed by atoms with E-state index in [4.69, 9.17) is 9.51 Å². The Morgan fingerprint density at radius 1 is 1.08 bits per heavy atom. The Kier molecular flexibility index (Phi) is 4.31. The third-order valence-electron chi connectivity index (χ3n) is 3.85. The van der Waals surface area contributed by atoms with Gasteiger partial charge >= 0.3 is 0 Å². The number of hydrogen-bond donors (Lipinski definition) is 1. The Bertz CT molecular complexity index is 1030. The Morgan fingerprint density at radius 3 is 2.68 bits per heavy atom. The van der Waals surface area contributed by atoms with E-state index in [9.17, 15) is 0 Å². The van der Waals surface area contributed by atoms with E-state index in [1.165, 1.54) is 5.56 Å². The lowest BCUT2D eigenvalue weighted by Gasteiger charge is -2.10. The van der Waals surface area contributed by atoms with Gasteiger partial charge in [-0.3, -0.25) is 4.98 Å². The van der Waals surface area contributed by atoms with Gasteiger partial charge in [-0.25, -0.2) is 4.98 Å². The van der Waals surface area contributed by atoms with Gasteiger partial charge in [-0.05, 0) is 24.6 Å². The van der Waals surface area contributed by atoms with Gasteiger partial charge in [0.25, 0.3) is 5.71 Å². The van der Waals surface area contributed by atoms with Crippen molar-refractivity contribution in [3.05, 3.63) is 60.0 Å². The van der Waals surface area contributed by atoms with Crippen molar-refractivity contribution in [2.24, 2.45) is 0 Å². The molecule has 7 heteroatoms. The van der Waals surface area contributed by atoms with Crippen molar-refractivity contribution in [3.8, 4) is 11.4 Å². The summed E-state index contributed by atoms with van der Waals surface area (Å²) >= 11 is 2.34. The van der Waals surface area contributed by atoms with E-state index >= 15 is 0 Å². The molecule has 0 bridgehead atoms. The summed E-state index contributed by atoms with van der Waals surface area (Å²) in [6.07, 6.45) is 3.46. The predicted molar refractivity (Wildman–Crippen MR) is 105 cm³/mol. The normalized spacial score (nSPS) is 11.0. The number of pyridine rings is 1. The van der Waals surface area contributed by atoms with Gasteiger partial charge in [-0.2, -0.15) is 4.98 Å². The van der Waals surface area contributed by atoms with Crippen LogP contribution in [-0.2, 0) is 4.43 Å². The number of anilines is 2. The zero-order valence-electron chi connectivity index (χ0n) is 13.4. The maximum absolute atomic E-state index is 5.41. The van der Waals surface area contributed by atoms with Crippen molar-refractivity contribution in [2.75, 3.05) is 5.32 Å². The molecular weight excluding hydrogens is 429 g/mol. The number of nitrogens with one attached hydrogen (secondary N) is 1. The molecule has 25 heavy (non-hydrogen) atoms. The summed E-state index contributed by atoms with van der Waals surface area (Å²) in [5, 5.41) is 8.16. The zero-order valence-corrected chi connectivity index (χ0v) is 15.6. The minimum absolute atomic E-state index is 0.474. The molecule has 6 nitrogen and oxygen atoms in total. The van der Waals surface area contributed by atoms with E-state index in [0.29, 0.717) is 17.4 Å². The second kappa shape index (κ2) is 6.75. The number of rotatable bonds is 4. The standard InChI is InChI=1S/C18H14IN5O/c1-11-15-17(21-13-6-8-20-9-7-13)22-16(23-18(15)25-24-11)14-5-3-2-4-12(14)10-19/h2-9H,10H2,1H3,(H,20,21,22,23). The summed E-state index contributed by atoms with van der Waals surface area (Å²) in [5.74, 6) is 1.29. The summed E-state index contributed by atoms with van der Waals surface area (Å²) in [6.45, 7) is 1.88.